The molecular formula is C23H26O8. The van der Waals surface area contributed by atoms with Crippen molar-refractivity contribution in [2.24, 2.45) is 0 Å². The highest BCUT2D eigenvalue weighted by atomic mass is 16.8. The molecule has 0 radical (unpaired) electrons. The number of hydrogen-bond acceptors (Lipinski definition) is 8. The smallest absolute Gasteiger partial charge is 0.337 e. The van der Waals surface area contributed by atoms with Gasteiger partial charge >= 0.3 is 11.9 Å². The lowest BCUT2D eigenvalue weighted by atomic mass is 10.2. The third kappa shape index (κ3) is 5.96. The second kappa shape index (κ2) is 9.80. The normalized spacial score (nSPS) is 19.5. The summed E-state index contributed by atoms with van der Waals surface area (Å²) >= 11 is 0. The molecule has 0 aliphatic carbocycles. The summed E-state index contributed by atoms with van der Waals surface area (Å²) in [6.45, 7) is 4.15. The third-order valence-electron chi connectivity index (χ3n) is 4.66. The second-order valence-electron chi connectivity index (χ2n) is 7.37. The summed E-state index contributed by atoms with van der Waals surface area (Å²) in [5, 5.41) is 0. The Kier molecular flexibility index (Phi) is 7.14. The fourth-order valence-corrected chi connectivity index (χ4v) is 3.16. The van der Waals surface area contributed by atoms with Crippen LogP contribution in [0.25, 0.3) is 0 Å². The van der Waals surface area contributed by atoms with E-state index in [2.05, 4.69) is 9.47 Å². The molecule has 0 spiro atoms. The molecule has 1 heterocycles. The Hall–Kier alpha value is -3.10. The van der Waals surface area contributed by atoms with Crippen molar-refractivity contribution < 1.29 is 38.0 Å². The summed E-state index contributed by atoms with van der Waals surface area (Å²) in [6, 6.07) is 13.3. The van der Waals surface area contributed by atoms with Gasteiger partial charge in [0.15, 0.2) is 5.79 Å². The van der Waals surface area contributed by atoms with E-state index in [1.807, 2.05) is 13.8 Å². The van der Waals surface area contributed by atoms with Crippen LogP contribution in [0.3, 0.4) is 0 Å². The zero-order valence-electron chi connectivity index (χ0n) is 18.0. The lowest BCUT2D eigenvalue weighted by Crippen LogP contribution is -2.33. The molecule has 2 aromatic carbocycles. The van der Waals surface area contributed by atoms with Crippen LogP contribution in [0.2, 0.25) is 0 Å². The van der Waals surface area contributed by atoms with Crippen molar-refractivity contribution in [1.82, 2.24) is 0 Å². The molecule has 3 rings (SSSR count). The van der Waals surface area contributed by atoms with Gasteiger partial charge in [0, 0.05) is 0 Å². The molecule has 0 N–H and O–H groups in total. The van der Waals surface area contributed by atoms with Gasteiger partial charge in [-0.25, -0.2) is 9.59 Å². The topological polar surface area (TPSA) is 89.5 Å². The van der Waals surface area contributed by atoms with Gasteiger partial charge in [-0.3, -0.25) is 0 Å². The highest BCUT2D eigenvalue weighted by molar-refractivity contribution is 5.89. The van der Waals surface area contributed by atoms with Gasteiger partial charge in [0.25, 0.3) is 0 Å². The molecular weight excluding hydrogens is 404 g/mol. The Morgan fingerprint density at radius 1 is 0.742 bits per heavy atom. The molecule has 1 aliphatic heterocycles. The van der Waals surface area contributed by atoms with E-state index in [0.717, 1.165) is 0 Å². The molecule has 2 aromatic rings. The van der Waals surface area contributed by atoms with Gasteiger partial charge < -0.3 is 28.4 Å². The fraction of sp³-hybridized carbons (Fsp3) is 0.391. The first-order valence-electron chi connectivity index (χ1n) is 9.79. The third-order valence-corrected chi connectivity index (χ3v) is 4.66. The van der Waals surface area contributed by atoms with E-state index in [1.54, 1.807) is 48.5 Å². The van der Waals surface area contributed by atoms with Crippen LogP contribution in [0, 0.1) is 0 Å². The predicted molar refractivity (Wildman–Crippen MR) is 110 cm³/mol. The molecule has 166 valence electrons. The van der Waals surface area contributed by atoms with Crippen molar-refractivity contribution in [3.8, 4) is 11.5 Å². The summed E-state index contributed by atoms with van der Waals surface area (Å²) in [5.74, 6) is -0.390. The van der Waals surface area contributed by atoms with Crippen LogP contribution in [0.1, 0.15) is 34.6 Å². The number of rotatable bonds is 8. The van der Waals surface area contributed by atoms with Crippen molar-refractivity contribution in [3.63, 3.8) is 0 Å². The summed E-state index contributed by atoms with van der Waals surface area (Å²) in [4.78, 5) is 23.1. The Labute approximate surface area is 181 Å². The van der Waals surface area contributed by atoms with Gasteiger partial charge in [0.1, 0.15) is 36.9 Å². The number of ether oxygens (including phenoxy) is 6. The number of carbonyl (C=O) groups is 2. The Morgan fingerprint density at radius 3 is 1.42 bits per heavy atom. The maximum absolute atomic E-state index is 11.5. The molecule has 1 fully saturated rings. The predicted octanol–water partition coefficient (Wildman–Crippen LogP) is 3.24. The van der Waals surface area contributed by atoms with E-state index in [1.165, 1.54) is 14.2 Å². The van der Waals surface area contributed by atoms with Crippen LogP contribution in [-0.4, -0.2) is 57.4 Å². The molecule has 0 saturated carbocycles. The molecule has 8 heteroatoms. The van der Waals surface area contributed by atoms with E-state index in [0.29, 0.717) is 22.6 Å². The molecule has 0 amide bonds. The molecule has 1 aliphatic rings. The lowest BCUT2D eigenvalue weighted by Gasteiger charge is -2.18. The average molecular weight is 430 g/mol. The van der Waals surface area contributed by atoms with Crippen LogP contribution >= 0.6 is 0 Å². The second-order valence-corrected chi connectivity index (χ2v) is 7.37. The number of hydrogen-bond donors (Lipinski definition) is 0. The molecule has 8 nitrogen and oxygen atoms in total. The van der Waals surface area contributed by atoms with Crippen molar-refractivity contribution in [3.05, 3.63) is 59.7 Å². The summed E-state index contributed by atoms with van der Waals surface area (Å²) < 4.78 is 32.9. The van der Waals surface area contributed by atoms with E-state index in [9.17, 15) is 9.59 Å². The summed E-state index contributed by atoms with van der Waals surface area (Å²) in [7, 11) is 2.67. The van der Waals surface area contributed by atoms with Crippen molar-refractivity contribution in [2.75, 3.05) is 27.4 Å². The number of benzene rings is 2. The van der Waals surface area contributed by atoms with Gasteiger partial charge in [-0.2, -0.15) is 0 Å². The minimum atomic E-state index is -0.772. The summed E-state index contributed by atoms with van der Waals surface area (Å²) in [5.41, 5.74) is 0.891. The lowest BCUT2D eigenvalue weighted by molar-refractivity contribution is -0.150. The number of esters is 2. The van der Waals surface area contributed by atoms with Crippen molar-refractivity contribution >= 4 is 11.9 Å². The van der Waals surface area contributed by atoms with Gasteiger partial charge in [0.05, 0.1) is 25.3 Å². The molecule has 2 atom stereocenters. The van der Waals surface area contributed by atoms with Crippen molar-refractivity contribution in [2.45, 2.75) is 31.8 Å². The molecule has 31 heavy (non-hydrogen) atoms. The van der Waals surface area contributed by atoms with Crippen molar-refractivity contribution in [1.29, 1.82) is 0 Å². The Balaban J connectivity index is 1.57. The largest absolute Gasteiger partial charge is 0.491 e. The molecule has 0 bridgehead atoms. The zero-order valence-corrected chi connectivity index (χ0v) is 18.0. The minimum absolute atomic E-state index is 0.246. The first kappa shape index (κ1) is 22.6. The first-order valence-corrected chi connectivity index (χ1v) is 9.79. The number of carbonyl (C=O) groups excluding carboxylic acids is 2. The minimum Gasteiger partial charge on any atom is -0.491 e. The first-order chi connectivity index (χ1) is 14.8. The van der Waals surface area contributed by atoms with Crippen LogP contribution < -0.4 is 9.47 Å². The summed E-state index contributed by atoms with van der Waals surface area (Å²) in [6.07, 6.45) is -0.714. The number of methoxy groups -OCH3 is 2. The Morgan fingerprint density at radius 2 is 1.10 bits per heavy atom. The Bertz CT molecular complexity index is 815. The SMILES string of the molecule is COC(=O)c1ccc(OC[C@@H]2OC(C)(C)O[C@H]2COc2ccc(C(=O)OC)cc2)cc1. The monoisotopic (exact) mass is 430 g/mol. The standard InChI is InChI=1S/C23H26O8/c1-23(2)30-19(13-28-17-9-5-15(6-10-17)21(24)26-3)20(31-23)14-29-18-11-7-16(8-12-18)22(25)27-4/h5-12,19-20H,13-14H2,1-4H3/t19-,20-/m0/s1. The van der Waals surface area contributed by atoms with E-state index in [-0.39, 0.29) is 25.4 Å². The average Bonchev–Trinajstić information content (AvgIpc) is 3.09. The molecule has 0 unspecified atom stereocenters. The zero-order chi connectivity index (χ0) is 22.4. The van der Waals surface area contributed by atoms with Crippen LogP contribution in [0.5, 0.6) is 11.5 Å². The highest BCUT2D eigenvalue weighted by Crippen LogP contribution is 2.29. The quantitative estimate of drug-likeness (QED) is 0.590. The van der Waals surface area contributed by atoms with E-state index >= 15 is 0 Å². The van der Waals surface area contributed by atoms with Gasteiger partial charge in [-0.1, -0.05) is 0 Å². The van der Waals surface area contributed by atoms with Gasteiger partial charge in [-0.05, 0) is 62.4 Å². The highest BCUT2D eigenvalue weighted by Gasteiger charge is 2.42. The molecule has 0 aromatic heterocycles. The van der Waals surface area contributed by atoms with E-state index in [4.69, 9.17) is 18.9 Å². The van der Waals surface area contributed by atoms with Crippen LogP contribution in [-0.2, 0) is 18.9 Å². The van der Waals surface area contributed by atoms with E-state index < -0.39 is 17.7 Å². The fourth-order valence-electron chi connectivity index (χ4n) is 3.16. The van der Waals surface area contributed by atoms with Gasteiger partial charge in [-0.15, -0.1) is 0 Å². The van der Waals surface area contributed by atoms with Crippen LogP contribution in [0.4, 0.5) is 0 Å². The molecule has 1 saturated heterocycles. The maximum atomic E-state index is 11.5. The van der Waals surface area contributed by atoms with Crippen LogP contribution in [0.15, 0.2) is 48.5 Å². The maximum Gasteiger partial charge on any atom is 0.337 e. The van der Waals surface area contributed by atoms with Gasteiger partial charge in [0.2, 0.25) is 0 Å².